The molecular formula is C18H22ClNO2. The SMILES string of the molecule is COc1cccc(CCNCCc2ccc(Cl)c(OC)c2)c1. The number of methoxy groups -OCH3 is 2. The molecule has 2 aromatic rings. The molecule has 0 saturated carbocycles. The van der Waals surface area contributed by atoms with Crippen LogP contribution in [0.3, 0.4) is 0 Å². The molecule has 0 saturated heterocycles. The molecular weight excluding hydrogens is 298 g/mol. The van der Waals surface area contributed by atoms with E-state index in [4.69, 9.17) is 21.1 Å². The van der Waals surface area contributed by atoms with Gasteiger partial charge < -0.3 is 14.8 Å². The molecule has 0 fully saturated rings. The third kappa shape index (κ3) is 4.93. The van der Waals surface area contributed by atoms with Crippen LogP contribution in [0.1, 0.15) is 11.1 Å². The summed E-state index contributed by atoms with van der Waals surface area (Å²) in [5, 5.41) is 4.11. The molecule has 0 spiro atoms. The largest absolute Gasteiger partial charge is 0.497 e. The van der Waals surface area contributed by atoms with Crippen LogP contribution in [0.15, 0.2) is 42.5 Å². The molecule has 4 heteroatoms. The number of hydrogen-bond donors (Lipinski definition) is 1. The monoisotopic (exact) mass is 319 g/mol. The van der Waals surface area contributed by atoms with Gasteiger partial charge in [0, 0.05) is 0 Å². The number of nitrogens with one attached hydrogen (secondary N) is 1. The second kappa shape index (κ2) is 8.66. The van der Waals surface area contributed by atoms with Crippen molar-refractivity contribution in [3.05, 3.63) is 58.6 Å². The molecule has 2 aromatic carbocycles. The van der Waals surface area contributed by atoms with Crippen LogP contribution in [0.4, 0.5) is 0 Å². The van der Waals surface area contributed by atoms with Crippen LogP contribution >= 0.6 is 11.6 Å². The topological polar surface area (TPSA) is 30.5 Å². The first-order valence-electron chi connectivity index (χ1n) is 7.39. The summed E-state index contributed by atoms with van der Waals surface area (Å²) < 4.78 is 10.5. The number of hydrogen-bond acceptors (Lipinski definition) is 3. The number of halogens is 1. The number of ether oxygens (including phenoxy) is 2. The zero-order valence-corrected chi connectivity index (χ0v) is 13.8. The van der Waals surface area contributed by atoms with E-state index in [-0.39, 0.29) is 0 Å². The van der Waals surface area contributed by atoms with Crippen LogP contribution in [-0.4, -0.2) is 27.3 Å². The maximum atomic E-state index is 6.02. The lowest BCUT2D eigenvalue weighted by Crippen LogP contribution is -2.20. The van der Waals surface area contributed by atoms with E-state index in [1.54, 1.807) is 14.2 Å². The van der Waals surface area contributed by atoms with Gasteiger partial charge >= 0.3 is 0 Å². The molecule has 22 heavy (non-hydrogen) atoms. The molecule has 0 unspecified atom stereocenters. The third-order valence-electron chi connectivity index (χ3n) is 3.53. The van der Waals surface area contributed by atoms with E-state index >= 15 is 0 Å². The minimum atomic E-state index is 0.650. The first-order chi connectivity index (χ1) is 10.7. The Morgan fingerprint density at radius 1 is 0.909 bits per heavy atom. The van der Waals surface area contributed by atoms with Gasteiger partial charge in [-0.2, -0.15) is 0 Å². The van der Waals surface area contributed by atoms with Gasteiger partial charge in [0.1, 0.15) is 11.5 Å². The van der Waals surface area contributed by atoms with Gasteiger partial charge in [0.2, 0.25) is 0 Å². The van der Waals surface area contributed by atoms with E-state index in [0.29, 0.717) is 5.02 Å². The lowest BCUT2D eigenvalue weighted by Gasteiger charge is -2.08. The van der Waals surface area contributed by atoms with E-state index < -0.39 is 0 Å². The Labute approximate surface area is 137 Å². The van der Waals surface area contributed by atoms with Gasteiger partial charge in [0.05, 0.1) is 19.2 Å². The van der Waals surface area contributed by atoms with Crippen molar-refractivity contribution in [3.8, 4) is 11.5 Å². The van der Waals surface area contributed by atoms with Crippen molar-refractivity contribution in [3.63, 3.8) is 0 Å². The van der Waals surface area contributed by atoms with Crippen LogP contribution < -0.4 is 14.8 Å². The fourth-order valence-corrected chi connectivity index (χ4v) is 2.47. The lowest BCUT2D eigenvalue weighted by molar-refractivity contribution is 0.414. The fourth-order valence-electron chi connectivity index (χ4n) is 2.28. The Morgan fingerprint density at radius 3 is 2.32 bits per heavy atom. The highest BCUT2D eigenvalue weighted by Gasteiger charge is 2.02. The number of benzene rings is 2. The molecule has 0 aliphatic heterocycles. The molecule has 118 valence electrons. The van der Waals surface area contributed by atoms with Crippen molar-refractivity contribution in [1.82, 2.24) is 5.32 Å². The molecule has 0 amide bonds. The quantitative estimate of drug-likeness (QED) is 0.752. The normalized spacial score (nSPS) is 10.5. The van der Waals surface area contributed by atoms with Crippen LogP contribution in [0.25, 0.3) is 0 Å². The van der Waals surface area contributed by atoms with Crippen molar-refractivity contribution in [2.24, 2.45) is 0 Å². The van der Waals surface area contributed by atoms with E-state index in [2.05, 4.69) is 17.4 Å². The summed E-state index contributed by atoms with van der Waals surface area (Å²) in [6.07, 6.45) is 1.94. The molecule has 0 bridgehead atoms. The molecule has 0 aliphatic rings. The zero-order valence-electron chi connectivity index (χ0n) is 13.1. The van der Waals surface area contributed by atoms with Gasteiger partial charge in [0.15, 0.2) is 0 Å². The first-order valence-corrected chi connectivity index (χ1v) is 7.77. The van der Waals surface area contributed by atoms with Gasteiger partial charge in [-0.05, 0) is 61.3 Å². The standard InChI is InChI=1S/C18H22ClNO2/c1-21-16-5-3-4-14(12-16)8-10-20-11-9-15-6-7-17(19)18(13-15)22-2/h3-7,12-13,20H,8-11H2,1-2H3. The molecule has 0 heterocycles. The second-order valence-corrected chi connectivity index (χ2v) is 5.48. The molecule has 3 nitrogen and oxygen atoms in total. The lowest BCUT2D eigenvalue weighted by atomic mass is 10.1. The summed E-state index contributed by atoms with van der Waals surface area (Å²) in [5.41, 5.74) is 2.50. The summed E-state index contributed by atoms with van der Waals surface area (Å²) in [4.78, 5) is 0. The average Bonchev–Trinajstić information content (AvgIpc) is 2.56. The summed E-state index contributed by atoms with van der Waals surface area (Å²) in [6.45, 7) is 1.87. The Hall–Kier alpha value is -1.71. The molecule has 0 radical (unpaired) electrons. The average molecular weight is 320 g/mol. The van der Waals surface area contributed by atoms with Gasteiger partial charge in [-0.15, -0.1) is 0 Å². The molecule has 0 aliphatic carbocycles. The zero-order chi connectivity index (χ0) is 15.8. The summed E-state index contributed by atoms with van der Waals surface area (Å²) in [6, 6.07) is 14.1. The maximum absolute atomic E-state index is 6.02. The predicted molar refractivity (Wildman–Crippen MR) is 91.3 cm³/mol. The van der Waals surface area contributed by atoms with E-state index in [1.807, 2.05) is 30.3 Å². The van der Waals surface area contributed by atoms with Crippen LogP contribution in [-0.2, 0) is 12.8 Å². The smallest absolute Gasteiger partial charge is 0.137 e. The van der Waals surface area contributed by atoms with Crippen molar-refractivity contribution in [2.75, 3.05) is 27.3 Å². The van der Waals surface area contributed by atoms with Crippen molar-refractivity contribution in [1.29, 1.82) is 0 Å². The fraction of sp³-hybridized carbons (Fsp3) is 0.333. The highest BCUT2D eigenvalue weighted by molar-refractivity contribution is 6.32. The van der Waals surface area contributed by atoms with E-state index in [9.17, 15) is 0 Å². The van der Waals surface area contributed by atoms with Gasteiger partial charge in [-0.1, -0.05) is 29.8 Å². The van der Waals surface area contributed by atoms with Crippen molar-refractivity contribution < 1.29 is 9.47 Å². The summed E-state index contributed by atoms with van der Waals surface area (Å²) in [5.74, 6) is 1.64. The van der Waals surface area contributed by atoms with Crippen molar-refractivity contribution in [2.45, 2.75) is 12.8 Å². The molecule has 2 rings (SSSR count). The molecule has 0 atom stereocenters. The summed E-state index contributed by atoms with van der Waals surface area (Å²) in [7, 11) is 3.33. The maximum Gasteiger partial charge on any atom is 0.137 e. The Balaban J connectivity index is 1.73. The van der Waals surface area contributed by atoms with Gasteiger partial charge in [-0.25, -0.2) is 0 Å². The molecule has 0 aromatic heterocycles. The highest BCUT2D eigenvalue weighted by Crippen LogP contribution is 2.25. The van der Waals surface area contributed by atoms with Gasteiger partial charge in [-0.3, -0.25) is 0 Å². The minimum Gasteiger partial charge on any atom is -0.497 e. The Kier molecular flexibility index (Phi) is 6.56. The second-order valence-electron chi connectivity index (χ2n) is 5.07. The number of rotatable bonds is 8. The Bertz CT molecular complexity index is 601. The van der Waals surface area contributed by atoms with E-state index in [1.165, 1.54) is 11.1 Å². The summed E-state index contributed by atoms with van der Waals surface area (Å²) >= 11 is 6.02. The highest BCUT2D eigenvalue weighted by atomic mass is 35.5. The van der Waals surface area contributed by atoms with Gasteiger partial charge in [0.25, 0.3) is 0 Å². The van der Waals surface area contributed by atoms with Crippen molar-refractivity contribution >= 4 is 11.6 Å². The third-order valence-corrected chi connectivity index (χ3v) is 3.84. The molecule has 1 N–H and O–H groups in total. The minimum absolute atomic E-state index is 0.650. The Morgan fingerprint density at radius 2 is 1.64 bits per heavy atom. The van der Waals surface area contributed by atoms with Crippen LogP contribution in [0.5, 0.6) is 11.5 Å². The first kappa shape index (κ1) is 16.7. The van der Waals surface area contributed by atoms with Crippen LogP contribution in [0, 0.1) is 0 Å². The van der Waals surface area contributed by atoms with E-state index in [0.717, 1.165) is 37.4 Å². The van der Waals surface area contributed by atoms with Crippen LogP contribution in [0.2, 0.25) is 5.02 Å². The predicted octanol–water partition coefficient (Wildman–Crippen LogP) is 3.73.